The fourth-order valence-corrected chi connectivity index (χ4v) is 3.82. The first-order chi connectivity index (χ1) is 9.11. The first-order valence-electron chi connectivity index (χ1n) is 6.99. The van der Waals surface area contributed by atoms with Gasteiger partial charge in [0.1, 0.15) is 0 Å². The van der Waals surface area contributed by atoms with Crippen LogP contribution in [0.2, 0.25) is 4.34 Å². The number of hydrogen-bond acceptors (Lipinski definition) is 4. The Balaban J connectivity index is 2.16. The summed E-state index contributed by atoms with van der Waals surface area (Å²) < 4.78 is 0.880. The van der Waals surface area contributed by atoms with Crippen LogP contribution in [0.15, 0.2) is 12.1 Å². The Bertz CT molecular complexity index is 396. The van der Waals surface area contributed by atoms with Crippen LogP contribution in [0, 0.1) is 0 Å². The van der Waals surface area contributed by atoms with Crippen LogP contribution in [0.1, 0.15) is 24.3 Å². The minimum Gasteiger partial charge on any atom is -0.308 e. The van der Waals surface area contributed by atoms with Crippen molar-refractivity contribution in [1.82, 2.24) is 15.1 Å². The van der Waals surface area contributed by atoms with Gasteiger partial charge in [-0.15, -0.1) is 11.3 Å². The third-order valence-electron chi connectivity index (χ3n) is 3.80. The van der Waals surface area contributed by atoms with Crippen molar-refractivity contribution in [3.8, 4) is 0 Å². The van der Waals surface area contributed by atoms with Gasteiger partial charge < -0.3 is 10.2 Å². The van der Waals surface area contributed by atoms with Gasteiger partial charge in [-0.1, -0.05) is 18.5 Å². The van der Waals surface area contributed by atoms with E-state index in [-0.39, 0.29) is 0 Å². The summed E-state index contributed by atoms with van der Waals surface area (Å²) in [5, 5.41) is 3.70. The normalized spacial score (nSPS) is 23.7. The van der Waals surface area contributed by atoms with Gasteiger partial charge in [0.15, 0.2) is 0 Å². The van der Waals surface area contributed by atoms with Gasteiger partial charge in [-0.25, -0.2) is 0 Å². The molecule has 19 heavy (non-hydrogen) atoms. The number of rotatable bonds is 5. The van der Waals surface area contributed by atoms with E-state index in [1.807, 2.05) is 6.07 Å². The predicted octanol–water partition coefficient (Wildman–Crippen LogP) is 2.69. The van der Waals surface area contributed by atoms with Crippen LogP contribution >= 0.6 is 22.9 Å². The van der Waals surface area contributed by atoms with E-state index in [1.54, 1.807) is 11.3 Å². The number of thiophene rings is 1. The molecule has 1 N–H and O–H groups in total. The van der Waals surface area contributed by atoms with Crippen LogP contribution in [0.3, 0.4) is 0 Å². The van der Waals surface area contributed by atoms with Crippen molar-refractivity contribution in [3.05, 3.63) is 21.3 Å². The van der Waals surface area contributed by atoms with E-state index in [1.165, 1.54) is 4.88 Å². The Morgan fingerprint density at radius 3 is 2.84 bits per heavy atom. The molecular weight excluding hydrogens is 278 g/mol. The van der Waals surface area contributed by atoms with Gasteiger partial charge in [0.25, 0.3) is 0 Å². The minimum atomic E-state index is 0.380. The molecule has 5 heteroatoms. The topological polar surface area (TPSA) is 18.5 Å². The van der Waals surface area contributed by atoms with E-state index in [9.17, 15) is 0 Å². The summed E-state index contributed by atoms with van der Waals surface area (Å²) in [6.07, 6.45) is 1.15. The van der Waals surface area contributed by atoms with Crippen molar-refractivity contribution in [2.24, 2.45) is 0 Å². The zero-order valence-electron chi connectivity index (χ0n) is 12.0. The molecule has 2 unspecified atom stereocenters. The molecule has 1 fully saturated rings. The lowest BCUT2D eigenvalue weighted by Crippen LogP contribution is -2.55. The van der Waals surface area contributed by atoms with Gasteiger partial charge >= 0.3 is 0 Å². The van der Waals surface area contributed by atoms with E-state index < -0.39 is 0 Å². The summed E-state index contributed by atoms with van der Waals surface area (Å²) in [6.45, 7) is 6.65. The molecule has 3 nitrogen and oxygen atoms in total. The maximum absolute atomic E-state index is 6.11. The minimum absolute atomic E-state index is 0.380. The van der Waals surface area contributed by atoms with E-state index in [0.29, 0.717) is 12.1 Å². The van der Waals surface area contributed by atoms with Gasteiger partial charge in [0.2, 0.25) is 0 Å². The van der Waals surface area contributed by atoms with Crippen LogP contribution in [-0.4, -0.2) is 56.1 Å². The van der Waals surface area contributed by atoms with E-state index in [0.717, 1.165) is 36.9 Å². The van der Waals surface area contributed by atoms with Crippen molar-refractivity contribution in [1.29, 1.82) is 0 Å². The molecule has 0 aliphatic carbocycles. The van der Waals surface area contributed by atoms with Crippen LogP contribution in [0.5, 0.6) is 0 Å². The quantitative estimate of drug-likeness (QED) is 0.902. The summed E-state index contributed by atoms with van der Waals surface area (Å²) in [5.41, 5.74) is 0. The third kappa shape index (κ3) is 3.92. The van der Waals surface area contributed by atoms with Gasteiger partial charge in [0, 0.05) is 30.6 Å². The lowest BCUT2D eigenvalue weighted by molar-refractivity contribution is 0.0885. The maximum Gasteiger partial charge on any atom is 0.0931 e. The van der Waals surface area contributed by atoms with Gasteiger partial charge in [-0.05, 0) is 39.2 Å². The second-order valence-electron chi connectivity index (χ2n) is 5.38. The Labute approximate surface area is 125 Å². The largest absolute Gasteiger partial charge is 0.308 e. The molecule has 108 valence electrons. The molecule has 1 aliphatic heterocycles. The second kappa shape index (κ2) is 7.04. The SMILES string of the molecule is CCCNC(c1ccc(Cl)s1)C1CN(C)CCN1C. The van der Waals surface area contributed by atoms with Gasteiger partial charge in [-0.3, -0.25) is 4.90 Å². The number of halogens is 1. The molecular formula is C14H24ClN3S. The van der Waals surface area contributed by atoms with Crippen molar-refractivity contribution in [3.63, 3.8) is 0 Å². The first-order valence-corrected chi connectivity index (χ1v) is 8.18. The molecule has 2 atom stereocenters. The predicted molar refractivity (Wildman–Crippen MR) is 84.3 cm³/mol. The highest BCUT2D eigenvalue weighted by molar-refractivity contribution is 7.16. The molecule has 1 aromatic rings. The van der Waals surface area contributed by atoms with E-state index in [2.05, 4.69) is 42.2 Å². The molecule has 0 radical (unpaired) electrons. The van der Waals surface area contributed by atoms with Crippen molar-refractivity contribution >= 4 is 22.9 Å². The highest BCUT2D eigenvalue weighted by atomic mass is 35.5. The monoisotopic (exact) mass is 301 g/mol. The highest BCUT2D eigenvalue weighted by Crippen LogP contribution is 2.31. The molecule has 1 aromatic heterocycles. The highest BCUT2D eigenvalue weighted by Gasteiger charge is 2.31. The zero-order valence-corrected chi connectivity index (χ0v) is 13.6. The van der Waals surface area contributed by atoms with Gasteiger partial charge in [-0.2, -0.15) is 0 Å². The summed E-state index contributed by atoms with van der Waals surface area (Å²) in [6, 6.07) is 5.07. The Morgan fingerprint density at radius 1 is 1.42 bits per heavy atom. The number of hydrogen-bond donors (Lipinski definition) is 1. The lowest BCUT2D eigenvalue weighted by Gasteiger charge is -2.42. The summed E-state index contributed by atoms with van der Waals surface area (Å²) >= 11 is 7.81. The fraction of sp³-hybridized carbons (Fsp3) is 0.714. The second-order valence-corrected chi connectivity index (χ2v) is 7.13. The molecule has 0 spiro atoms. The average Bonchev–Trinajstić information content (AvgIpc) is 2.80. The molecule has 2 heterocycles. The fourth-order valence-electron chi connectivity index (χ4n) is 2.63. The van der Waals surface area contributed by atoms with Crippen LogP contribution in [0.25, 0.3) is 0 Å². The van der Waals surface area contributed by atoms with Crippen LogP contribution in [0.4, 0.5) is 0 Å². The standard InChI is InChI=1S/C14H24ClN3S/c1-4-7-16-14(12-5-6-13(15)19-12)11-10-17(2)8-9-18(11)3/h5-6,11,14,16H,4,7-10H2,1-3H3. The van der Waals surface area contributed by atoms with Crippen molar-refractivity contribution < 1.29 is 0 Å². The first kappa shape index (κ1) is 15.3. The summed E-state index contributed by atoms with van der Waals surface area (Å²) in [5.74, 6) is 0. The van der Waals surface area contributed by atoms with Crippen LogP contribution < -0.4 is 5.32 Å². The van der Waals surface area contributed by atoms with Gasteiger partial charge in [0.05, 0.1) is 10.4 Å². The molecule has 2 rings (SSSR count). The molecule has 0 aromatic carbocycles. The summed E-state index contributed by atoms with van der Waals surface area (Å²) in [4.78, 5) is 6.24. The van der Waals surface area contributed by atoms with Crippen molar-refractivity contribution in [2.45, 2.75) is 25.4 Å². The zero-order chi connectivity index (χ0) is 13.8. The smallest absolute Gasteiger partial charge is 0.0931 e. The Hall–Kier alpha value is -0.130. The number of nitrogens with one attached hydrogen (secondary N) is 1. The third-order valence-corrected chi connectivity index (χ3v) is 5.11. The molecule has 0 bridgehead atoms. The lowest BCUT2D eigenvalue weighted by atomic mass is 10.0. The van der Waals surface area contributed by atoms with Crippen LogP contribution in [-0.2, 0) is 0 Å². The molecule has 1 saturated heterocycles. The number of nitrogens with zero attached hydrogens (tertiary/aromatic N) is 2. The van der Waals surface area contributed by atoms with E-state index in [4.69, 9.17) is 11.6 Å². The average molecular weight is 302 g/mol. The Kier molecular flexibility index (Phi) is 5.66. The number of piperazine rings is 1. The number of likely N-dealkylation sites (N-methyl/N-ethyl adjacent to an activating group) is 2. The Morgan fingerprint density at radius 2 is 2.21 bits per heavy atom. The summed E-state index contributed by atoms with van der Waals surface area (Å²) in [7, 11) is 4.44. The molecule has 1 aliphatic rings. The maximum atomic E-state index is 6.11. The molecule has 0 amide bonds. The van der Waals surface area contributed by atoms with Crippen molar-refractivity contribution in [2.75, 3.05) is 40.3 Å². The van der Waals surface area contributed by atoms with E-state index >= 15 is 0 Å². The molecule has 0 saturated carbocycles.